The van der Waals surface area contributed by atoms with Crippen molar-refractivity contribution >= 4 is 39.1 Å². The largest absolute Gasteiger partial charge is 0.323 e. The highest BCUT2D eigenvalue weighted by Crippen LogP contribution is 2.25. The lowest BCUT2D eigenvalue weighted by Gasteiger charge is -2.22. The molecule has 1 aromatic rings. The molecule has 17 heavy (non-hydrogen) atoms. The molecule has 92 valence electrons. The fourth-order valence-electron chi connectivity index (χ4n) is 1.85. The zero-order chi connectivity index (χ0) is 12.5. The van der Waals surface area contributed by atoms with Gasteiger partial charge in [0.25, 0.3) is 0 Å². The van der Waals surface area contributed by atoms with Crippen molar-refractivity contribution in [3.8, 4) is 0 Å². The Kier molecular flexibility index (Phi) is 3.70. The molecule has 2 N–H and O–H groups in total. The maximum Gasteiger partial charge on any atom is 0.244 e. The van der Waals surface area contributed by atoms with Crippen LogP contribution in [0.4, 0.5) is 5.69 Å². The van der Waals surface area contributed by atoms with Gasteiger partial charge in [0.15, 0.2) is 0 Å². The lowest BCUT2D eigenvalue weighted by molar-refractivity contribution is -0.121. The molecule has 1 aliphatic rings. The molecule has 1 amide bonds. The van der Waals surface area contributed by atoms with Gasteiger partial charge in [0, 0.05) is 0 Å². The van der Waals surface area contributed by atoms with E-state index in [1.54, 1.807) is 12.3 Å². The third-order valence-corrected chi connectivity index (χ3v) is 4.06. The van der Waals surface area contributed by atoms with Crippen LogP contribution in [-0.4, -0.2) is 23.0 Å². The van der Waals surface area contributed by atoms with Gasteiger partial charge in [-0.05, 0) is 48.3 Å². The minimum absolute atomic E-state index is 0.0361. The number of hydrogen-bond acceptors (Lipinski definition) is 3. The van der Waals surface area contributed by atoms with Crippen LogP contribution < -0.4 is 10.6 Å². The van der Waals surface area contributed by atoms with Crippen molar-refractivity contribution in [3.63, 3.8) is 0 Å². The third kappa shape index (κ3) is 2.78. The average Bonchev–Trinajstić information content (AvgIpc) is 2.72. The molecule has 6 heteroatoms. The van der Waals surface area contributed by atoms with Gasteiger partial charge in [-0.2, -0.15) is 0 Å². The Balaban J connectivity index is 2.10. The fourth-order valence-corrected chi connectivity index (χ4v) is 2.30. The summed E-state index contributed by atoms with van der Waals surface area (Å²) in [5.74, 6) is -0.0361. The molecule has 2 heterocycles. The van der Waals surface area contributed by atoms with Crippen molar-refractivity contribution in [2.45, 2.75) is 25.3 Å². The Morgan fingerprint density at radius 3 is 3.06 bits per heavy atom. The number of hydrogen-bond donors (Lipinski definition) is 2. The van der Waals surface area contributed by atoms with Gasteiger partial charge in [-0.15, -0.1) is 0 Å². The number of nitrogens with zero attached hydrogens (tertiary/aromatic N) is 1. The van der Waals surface area contributed by atoms with Crippen LogP contribution in [0.15, 0.2) is 16.7 Å². The predicted molar refractivity (Wildman–Crippen MR) is 71.2 cm³/mol. The number of aromatic nitrogens is 1. The fraction of sp³-hybridized carbons (Fsp3) is 0.455. The van der Waals surface area contributed by atoms with E-state index in [9.17, 15) is 4.79 Å². The number of amides is 1. The smallest absolute Gasteiger partial charge is 0.244 e. The van der Waals surface area contributed by atoms with Crippen LogP contribution in [0.25, 0.3) is 0 Å². The SMILES string of the molecule is CC1(C(=O)Nc2cnc(Cl)c(Br)c2)CCCN1. The van der Waals surface area contributed by atoms with E-state index in [1.165, 1.54) is 0 Å². The molecule has 1 aliphatic heterocycles. The molecule has 1 unspecified atom stereocenters. The summed E-state index contributed by atoms with van der Waals surface area (Å²) in [6, 6.07) is 1.74. The van der Waals surface area contributed by atoms with Crippen LogP contribution in [-0.2, 0) is 4.79 Å². The van der Waals surface area contributed by atoms with E-state index < -0.39 is 5.54 Å². The first-order valence-electron chi connectivity index (χ1n) is 5.39. The molecule has 0 radical (unpaired) electrons. The van der Waals surface area contributed by atoms with Crippen molar-refractivity contribution in [2.75, 3.05) is 11.9 Å². The molecule has 1 aromatic heterocycles. The summed E-state index contributed by atoms with van der Waals surface area (Å²) in [5, 5.41) is 6.43. The monoisotopic (exact) mass is 317 g/mol. The highest BCUT2D eigenvalue weighted by molar-refractivity contribution is 9.10. The summed E-state index contributed by atoms with van der Waals surface area (Å²) >= 11 is 9.06. The normalized spacial score (nSPS) is 23.7. The number of carbonyl (C=O) groups is 1. The lowest BCUT2D eigenvalue weighted by atomic mass is 9.99. The Morgan fingerprint density at radius 2 is 2.47 bits per heavy atom. The van der Waals surface area contributed by atoms with Gasteiger partial charge >= 0.3 is 0 Å². The molecule has 2 rings (SSSR count). The Morgan fingerprint density at radius 1 is 1.71 bits per heavy atom. The van der Waals surface area contributed by atoms with E-state index in [0.717, 1.165) is 19.4 Å². The van der Waals surface area contributed by atoms with Gasteiger partial charge in [-0.3, -0.25) is 4.79 Å². The summed E-state index contributed by atoms with van der Waals surface area (Å²) in [7, 11) is 0. The molecular formula is C11H13BrClN3O. The number of carbonyl (C=O) groups excluding carboxylic acids is 1. The predicted octanol–water partition coefficient (Wildman–Crippen LogP) is 2.58. The number of rotatable bonds is 2. The lowest BCUT2D eigenvalue weighted by Crippen LogP contribution is -2.47. The van der Waals surface area contributed by atoms with E-state index >= 15 is 0 Å². The van der Waals surface area contributed by atoms with Gasteiger partial charge in [-0.25, -0.2) is 4.98 Å². The summed E-state index contributed by atoms with van der Waals surface area (Å²) in [5.41, 5.74) is 0.160. The summed E-state index contributed by atoms with van der Waals surface area (Å²) in [6.45, 7) is 2.79. The van der Waals surface area contributed by atoms with Crippen LogP contribution in [0, 0.1) is 0 Å². The molecule has 0 spiro atoms. The summed E-state index contributed by atoms with van der Waals surface area (Å²) < 4.78 is 0.668. The molecule has 0 aliphatic carbocycles. The average molecular weight is 319 g/mol. The van der Waals surface area contributed by atoms with E-state index in [0.29, 0.717) is 15.3 Å². The molecule has 1 fully saturated rings. The number of halogens is 2. The third-order valence-electron chi connectivity index (χ3n) is 2.92. The maximum atomic E-state index is 12.1. The Bertz CT molecular complexity index is 446. The van der Waals surface area contributed by atoms with E-state index in [-0.39, 0.29) is 5.91 Å². The van der Waals surface area contributed by atoms with Crippen LogP contribution in [0.5, 0.6) is 0 Å². The minimum atomic E-state index is -0.480. The molecule has 0 saturated carbocycles. The minimum Gasteiger partial charge on any atom is -0.323 e. The molecule has 0 bridgehead atoms. The van der Waals surface area contributed by atoms with E-state index in [2.05, 4.69) is 31.5 Å². The second-order valence-electron chi connectivity index (χ2n) is 4.31. The van der Waals surface area contributed by atoms with Crippen LogP contribution in [0.3, 0.4) is 0 Å². The first kappa shape index (κ1) is 12.8. The standard InChI is InChI=1S/C11H13BrClN3O/c1-11(3-2-4-15-11)10(17)16-7-5-8(12)9(13)14-6-7/h5-6,15H,2-4H2,1H3,(H,16,17). The second kappa shape index (κ2) is 4.92. The van der Waals surface area contributed by atoms with E-state index in [1.807, 2.05) is 6.92 Å². The van der Waals surface area contributed by atoms with Crippen molar-refractivity contribution in [1.29, 1.82) is 0 Å². The number of anilines is 1. The quantitative estimate of drug-likeness (QED) is 0.824. The van der Waals surface area contributed by atoms with Crippen molar-refractivity contribution in [3.05, 3.63) is 21.9 Å². The molecule has 1 atom stereocenters. The van der Waals surface area contributed by atoms with Gasteiger partial charge in [0.1, 0.15) is 5.15 Å². The van der Waals surface area contributed by atoms with Crippen LogP contribution in [0.2, 0.25) is 5.15 Å². The van der Waals surface area contributed by atoms with Gasteiger partial charge < -0.3 is 10.6 Å². The van der Waals surface area contributed by atoms with Gasteiger partial charge in [0.05, 0.1) is 21.9 Å². The van der Waals surface area contributed by atoms with Crippen molar-refractivity contribution in [2.24, 2.45) is 0 Å². The summed E-state index contributed by atoms with van der Waals surface area (Å²) in [6.07, 6.45) is 3.41. The molecular weight excluding hydrogens is 305 g/mol. The Labute approximate surface area is 113 Å². The molecule has 4 nitrogen and oxygen atoms in total. The van der Waals surface area contributed by atoms with Crippen LogP contribution in [0.1, 0.15) is 19.8 Å². The first-order valence-corrected chi connectivity index (χ1v) is 6.56. The highest BCUT2D eigenvalue weighted by Gasteiger charge is 2.35. The number of nitrogens with one attached hydrogen (secondary N) is 2. The van der Waals surface area contributed by atoms with Crippen LogP contribution >= 0.6 is 27.5 Å². The first-order chi connectivity index (χ1) is 8.01. The van der Waals surface area contributed by atoms with Gasteiger partial charge in [0.2, 0.25) is 5.91 Å². The highest BCUT2D eigenvalue weighted by atomic mass is 79.9. The van der Waals surface area contributed by atoms with E-state index in [4.69, 9.17) is 11.6 Å². The maximum absolute atomic E-state index is 12.1. The zero-order valence-corrected chi connectivity index (χ0v) is 11.7. The number of pyridine rings is 1. The molecule has 0 aromatic carbocycles. The molecule has 1 saturated heterocycles. The topological polar surface area (TPSA) is 54.0 Å². The van der Waals surface area contributed by atoms with Crippen molar-refractivity contribution < 1.29 is 4.79 Å². The van der Waals surface area contributed by atoms with Crippen molar-refractivity contribution in [1.82, 2.24) is 10.3 Å². The zero-order valence-electron chi connectivity index (χ0n) is 9.39. The Hall–Kier alpha value is -0.650. The second-order valence-corrected chi connectivity index (χ2v) is 5.53. The summed E-state index contributed by atoms with van der Waals surface area (Å²) in [4.78, 5) is 16.0. The van der Waals surface area contributed by atoms with Gasteiger partial charge in [-0.1, -0.05) is 11.6 Å².